The Hall–Kier alpha value is -2.78. The van der Waals surface area contributed by atoms with Crippen molar-refractivity contribution in [3.05, 3.63) is 42.5 Å². The highest BCUT2D eigenvalue weighted by Crippen LogP contribution is 2.27. The molecule has 0 aliphatic rings. The van der Waals surface area contributed by atoms with Crippen molar-refractivity contribution in [2.24, 2.45) is 5.14 Å². The number of hydrogen-bond donors (Lipinski definition) is 4. The molecule has 0 aromatic heterocycles. The molecule has 9 heteroatoms. The standard InChI is InChI=1S/C15H17N3O5S/c1-2-23-14-6-4-3-5-11(14)17-15(20)18-12-9-10(24(16,21)22)7-8-13(12)19/h3-9,19H,2H2,1H3,(H2,16,21,22)(H2,17,18,20). The van der Waals surface area contributed by atoms with E-state index in [2.05, 4.69) is 10.6 Å². The molecule has 2 aromatic carbocycles. The summed E-state index contributed by atoms with van der Waals surface area (Å²) >= 11 is 0. The van der Waals surface area contributed by atoms with Crippen LogP contribution < -0.4 is 20.5 Å². The van der Waals surface area contributed by atoms with E-state index in [1.165, 1.54) is 0 Å². The van der Waals surface area contributed by atoms with E-state index in [1.807, 2.05) is 6.92 Å². The van der Waals surface area contributed by atoms with Gasteiger partial charge in [0.1, 0.15) is 11.5 Å². The summed E-state index contributed by atoms with van der Waals surface area (Å²) in [5.74, 6) is 0.188. The number of amides is 2. The van der Waals surface area contributed by atoms with Gasteiger partial charge in [0.2, 0.25) is 10.0 Å². The Kier molecular flexibility index (Phi) is 5.27. The maximum Gasteiger partial charge on any atom is 0.323 e. The number of carbonyl (C=O) groups is 1. The predicted molar refractivity (Wildman–Crippen MR) is 89.7 cm³/mol. The zero-order valence-electron chi connectivity index (χ0n) is 12.8. The molecule has 0 radical (unpaired) electrons. The number of phenols is 1. The van der Waals surface area contributed by atoms with Crippen molar-refractivity contribution < 1.29 is 23.1 Å². The zero-order valence-corrected chi connectivity index (χ0v) is 13.6. The number of hydrogen-bond acceptors (Lipinski definition) is 5. The van der Waals surface area contributed by atoms with Crippen molar-refractivity contribution in [2.75, 3.05) is 17.2 Å². The molecule has 0 spiro atoms. The number of nitrogens with one attached hydrogen (secondary N) is 2. The number of phenolic OH excluding ortho intramolecular Hbond substituents is 1. The summed E-state index contributed by atoms with van der Waals surface area (Å²) in [4.78, 5) is 11.9. The van der Waals surface area contributed by atoms with E-state index in [4.69, 9.17) is 9.88 Å². The van der Waals surface area contributed by atoms with Gasteiger partial charge < -0.3 is 20.5 Å². The monoisotopic (exact) mass is 351 g/mol. The van der Waals surface area contributed by atoms with E-state index >= 15 is 0 Å². The second kappa shape index (κ2) is 7.20. The quantitative estimate of drug-likeness (QED) is 0.613. The molecule has 5 N–H and O–H groups in total. The van der Waals surface area contributed by atoms with Gasteiger partial charge in [-0.25, -0.2) is 18.4 Å². The van der Waals surface area contributed by atoms with Gasteiger partial charge in [0, 0.05) is 0 Å². The normalized spacial score (nSPS) is 10.9. The molecule has 0 aliphatic carbocycles. The Labute approximate surface area is 139 Å². The van der Waals surface area contributed by atoms with Crippen LogP contribution in [0.3, 0.4) is 0 Å². The minimum atomic E-state index is -3.95. The molecule has 24 heavy (non-hydrogen) atoms. The number of para-hydroxylation sites is 2. The number of carbonyl (C=O) groups excluding carboxylic acids is 1. The molecule has 8 nitrogen and oxygen atoms in total. The summed E-state index contributed by atoms with van der Waals surface area (Å²) in [5, 5.41) is 19.7. The number of primary sulfonamides is 1. The van der Waals surface area contributed by atoms with Crippen molar-refractivity contribution >= 4 is 27.4 Å². The highest BCUT2D eigenvalue weighted by atomic mass is 32.2. The first-order valence-electron chi connectivity index (χ1n) is 6.97. The molecular weight excluding hydrogens is 334 g/mol. The lowest BCUT2D eigenvalue weighted by molar-refractivity contribution is 0.261. The number of urea groups is 1. The summed E-state index contributed by atoms with van der Waals surface area (Å²) in [6, 6.07) is 9.47. The molecule has 2 amide bonds. The highest BCUT2D eigenvalue weighted by Gasteiger charge is 2.14. The minimum absolute atomic E-state index is 0.0899. The molecule has 0 fully saturated rings. The van der Waals surface area contributed by atoms with Gasteiger partial charge >= 0.3 is 6.03 Å². The Morgan fingerprint density at radius 3 is 2.50 bits per heavy atom. The van der Waals surface area contributed by atoms with Crippen LogP contribution in [0.5, 0.6) is 11.5 Å². The number of benzene rings is 2. The van der Waals surface area contributed by atoms with Crippen LogP contribution in [0.1, 0.15) is 6.92 Å². The van der Waals surface area contributed by atoms with Gasteiger partial charge in [-0.2, -0.15) is 0 Å². The van der Waals surface area contributed by atoms with Crippen LogP contribution in [0.2, 0.25) is 0 Å². The minimum Gasteiger partial charge on any atom is -0.506 e. The van der Waals surface area contributed by atoms with E-state index in [9.17, 15) is 18.3 Å². The molecule has 0 aliphatic heterocycles. The van der Waals surface area contributed by atoms with Gasteiger partial charge in [-0.05, 0) is 37.3 Å². The van der Waals surface area contributed by atoms with Gasteiger partial charge in [0.25, 0.3) is 0 Å². The van der Waals surface area contributed by atoms with Crippen LogP contribution in [-0.2, 0) is 10.0 Å². The molecule has 0 saturated heterocycles. The fourth-order valence-corrected chi connectivity index (χ4v) is 2.46. The predicted octanol–water partition coefficient (Wildman–Crippen LogP) is 2.08. The van der Waals surface area contributed by atoms with Crippen molar-refractivity contribution in [2.45, 2.75) is 11.8 Å². The van der Waals surface area contributed by atoms with Gasteiger partial charge in [0.05, 0.1) is 22.9 Å². The summed E-state index contributed by atoms with van der Waals surface area (Å²) < 4.78 is 28.1. The fourth-order valence-electron chi connectivity index (χ4n) is 1.92. The average Bonchev–Trinajstić information content (AvgIpc) is 2.50. The highest BCUT2D eigenvalue weighted by molar-refractivity contribution is 7.89. The molecule has 0 bridgehead atoms. The van der Waals surface area contributed by atoms with Gasteiger partial charge in [0.15, 0.2) is 0 Å². The van der Waals surface area contributed by atoms with Crippen LogP contribution in [0, 0.1) is 0 Å². The van der Waals surface area contributed by atoms with E-state index in [0.29, 0.717) is 18.0 Å². The molecule has 2 rings (SSSR count). The molecule has 0 unspecified atom stereocenters. The van der Waals surface area contributed by atoms with Crippen LogP contribution in [0.15, 0.2) is 47.4 Å². The molecule has 0 saturated carbocycles. The van der Waals surface area contributed by atoms with Gasteiger partial charge in [-0.1, -0.05) is 12.1 Å². The summed E-state index contributed by atoms with van der Waals surface area (Å²) in [5.41, 5.74) is 0.340. The second-order valence-electron chi connectivity index (χ2n) is 4.73. The average molecular weight is 351 g/mol. The maximum atomic E-state index is 12.1. The smallest absolute Gasteiger partial charge is 0.323 e. The maximum absolute atomic E-state index is 12.1. The summed E-state index contributed by atoms with van der Waals surface area (Å²) in [7, 11) is -3.95. The van der Waals surface area contributed by atoms with Gasteiger partial charge in [-0.3, -0.25) is 0 Å². The van der Waals surface area contributed by atoms with Crippen molar-refractivity contribution in [1.29, 1.82) is 0 Å². The first-order chi connectivity index (χ1) is 11.3. The summed E-state index contributed by atoms with van der Waals surface area (Å²) in [6.45, 7) is 2.24. The fraction of sp³-hybridized carbons (Fsp3) is 0.133. The number of rotatable bonds is 5. The summed E-state index contributed by atoms with van der Waals surface area (Å²) in [6.07, 6.45) is 0. The molecule has 128 valence electrons. The van der Waals surface area contributed by atoms with Crippen LogP contribution in [0.25, 0.3) is 0 Å². The van der Waals surface area contributed by atoms with Crippen LogP contribution >= 0.6 is 0 Å². The lowest BCUT2D eigenvalue weighted by atomic mass is 10.3. The molecule has 0 heterocycles. The number of ether oxygens (including phenoxy) is 1. The molecule has 0 atom stereocenters. The van der Waals surface area contributed by atoms with Crippen molar-refractivity contribution in [3.63, 3.8) is 0 Å². The van der Waals surface area contributed by atoms with Crippen molar-refractivity contribution in [1.82, 2.24) is 0 Å². The van der Waals surface area contributed by atoms with Crippen molar-refractivity contribution in [3.8, 4) is 11.5 Å². The Bertz CT molecular complexity index is 852. The first-order valence-corrected chi connectivity index (χ1v) is 8.51. The number of nitrogens with two attached hydrogens (primary N) is 1. The number of anilines is 2. The first kappa shape index (κ1) is 17.6. The third-order valence-electron chi connectivity index (χ3n) is 2.98. The lowest BCUT2D eigenvalue weighted by Crippen LogP contribution is -2.20. The van der Waals surface area contributed by atoms with Crippen LogP contribution in [-0.4, -0.2) is 26.2 Å². The van der Waals surface area contributed by atoms with E-state index < -0.39 is 16.1 Å². The third-order valence-corrected chi connectivity index (χ3v) is 3.89. The topological polar surface area (TPSA) is 131 Å². The number of sulfonamides is 1. The Balaban J connectivity index is 2.19. The SMILES string of the molecule is CCOc1ccccc1NC(=O)Nc1cc(S(N)(=O)=O)ccc1O. The zero-order chi connectivity index (χ0) is 17.7. The Morgan fingerprint density at radius 2 is 1.83 bits per heavy atom. The third kappa shape index (κ3) is 4.37. The van der Waals surface area contributed by atoms with Crippen LogP contribution in [0.4, 0.5) is 16.2 Å². The Morgan fingerprint density at radius 1 is 1.17 bits per heavy atom. The molecular formula is C15H17N3O5S. The largest absolute Gasteiger partial charge is 0.506 e. The van der Waals surface area contributed by atoms with Gasteiger partial charge in [-0.15, -0.1) is 0 Å². The van der Waals surface area contributed by atoms with E-state index in [0.717, 1.165) is 18.2 Å². The van der Waals surface area contributed by atoms with E-state index in [1.54, 1.807) is 24.3 Å². The molecule has 2 aromatic rings. The number of aromatic hydroxyl groups is 1. The second-order valence-corrected chi connectivity index (χ2v) is 6.29. The van der Waals surface area contributed by atoms with E-state index in [-0.39, 0.29) is 16.3 Å². The lowest BCUT2D eigenvalue weighted by Gasteiger charge is -2.13.